The van der Waals surface area contributed by atoms with E-state index in [4.69, 9.17) is 4.74 Å². The predicted octanol–water partition coefficient (Wildman–Crippen LogP) is 3.92. The van der Waals surface area contributed by atoms with Gasteiger partial charge in [0.1, 0.15) is 0 Å². The molecule has 3 aliphatic rings. The fraction of sp³-hybridized carbons (Fsp3) is 0.682. The van der Waals surface area contributed by atoms with E-state index in [0.717, 1.165) is 19.5 Å². The summed E-state index contributed by atoms with van der Waals surface area (Å²) in [5.74, 6) is -0.0103. The van der Waals surface area contributed by atoms with Crippen LogP contribution >= 0.6 is 0 Å². The molecule has 0 saturated carbocycles. The third-order valence-corrected chi connectivity index (χ3v) is 7.16. The third-order valence-electron chi connectivity index (χ3n) is 7.16. The number of nitrogens with zero attached hydrogens (tertiary/aromatic N) is 2. The van der Waals surface area contributed by atoms with Gasteiger partial charge in [0.25, 0.3) is 0 Å². The van der Waals surface area contributed by atoms with Crippen LogP contribution in [0, 0.1) is 10.8 Å². The molecule has 5 atom stereocenters. The van der Waals surface area contributed by atoms with Crippen LogP contribution in [0.2, 0.25) is 0 Å². The molecule has 6 heteroatoms. The number of rotatable bonds is 6. The Kier molecular flexibility index (Phi) is 5.41. The van der Waals surface area contributed by atoms with Crippen LogP contribution in [0.25, 0.3) is 0 Å². The van der Waals surface area contributed by atoms with Gasteiger partial charge in [0, 0.05) is 24.2 Å². The largest absolute Gasteiger partial charge is 0.464 e. The molecule has 0 radical (unpaired) electrons. The van der Waals surface area contributed by atoms with Gasteiger partial charge in [-0.25, -0.2) is 4.79 Å². The summed E-state index contributed by atoms with van der Waals surface area (Å²) in [5, 5.41) is 7.07. The first kappa shape index (κ1) is 19.4. The van der Waals surface area contributed by atoms with Gasteiger partial charge in [-0.2, -0.15) is 0 Å². The molecule has 0 aromatic heterocycles. The van der Waals surface area contributed by atoms with Crippen molar-refractivity contribution in [3.8, 4) is 0 Å². The summed E-state index contributed by atoms with van der Waals surface area (Å²) in [6.07, 6.45) is 5.15. The lowest BCUT2D eigenvalue weighted by Crippen LogP contribution is -2.66. The smallest absolute Gasteiger partial charge is 0.334 e. The Morgan fingerprint density at radius 3 is 2.93 bits per heavy atom. The van der Waals surface area contributed by atoms with Crippen molar-refractivity contribution in [2.45, 2.75) is 69.5 Å². The Morgan fingerprint density at radius 2 is 2.18 bits per heavy atom. The van der Waals surface area contributed by atoms with E-state index in [-0.39, 0.29) is 24.0 Å². The van der Waals surface area contributed by atoms with E-state index in [1.54, 1.807) is 6.92 Å². The lowest BCUT2D eigenvalue weighted by molar-refractivity contribution is -0.145. The number of hydrogen-bond acceptors (Lipinski definition) is 6. The van der Waals surface area contributed by atoms with Crippen molar-refractivity contribution in [1.82, 2.24) is 4.90 Å². The number of benzene rings is 1. The van der Waals surface area contributed by atoms with Crippen molar-refractivity contribution < 1.29 is 9.53 Å². The SMILES string of the molecule is CCOC(=O)C(CC1CN2CCCCC2C2(CC)Nc3ccccc3C12)N=O. The summed E-state index contributed by atoms with van der Waals surface area (Å²) in [7, 11) is 0. The fourth-order valence-electron chi connectivity index (χ4n) is 6.11. The zero-order valence-corrected chi connectivity index (χ0v) is 16.9. The topological polar surface area (TPSA) is 71.0 Å². The zero-order chi connectivity index (χ0) is 19.7. The summed E-state index contributed by atoms with van der Waals surface area (Å²) >= 11 is 0. The number of esters is 1. The molecule has 28 heavy (non-hydrogen) atoms. The van der Waals surface area contributed by atoms with Crippen LogP contribution in [-0.2, 0) is 9.53 Å². The number of anilines is 1. The monoisotopic (exact) mass is 385 g/mol. The second kappa shape index (κ2) is 7.82. The van der Waals surface area contributed by atoms with E-state index < -0.39 is 12.0 Å². The van der Waals surface area contributed by atoms with Crippen LogP contribution in [-0.4, -0.2) is 48.2 Å². The predicted molar refractivity (Wildman–Crippen MR) is 109 cm³/mol. The van der Waals surface area contributed by atoms with Gasteiger partial charge in [-0.1, -0.05) is 36.7 Å². The molecule has 6 nitrogen and oxygen atoms in total. The van der Waals surface area contributed by atoms with Gasteiger partial charge >= 0.3 is 5.97 Å². The van der Waals surface area contributed by atoms with E-state index in [1.165, 1.54) is 30.5 Å². The van der Waals surface area contributed by atoms with Gasteiger partial charge < -0.3 is 10.1 Å². The van der Waals surface area contributed by atoms with E-state index >= 15 is 0 Å². The molecular weight excluding hydrogens is 354 g/mol. The Labute approximate surface area is 167 Å². The first-order valence-electron chi connectivity index (χ1n) is 10.7. The Morgan fingerprint density at radius 1 is 1.36 bits per heavy atom. The van der Waals surface area contributed by atoms with Crippen LogP contribution in [0.4, 0.5) is 5.69 Å². The van der Waals surface area contributed by atoms with Gasteiger partial charge in [0.2, 0.25) is 0 Å². The summed E-state index contributed by atoms with van der Waals surface area (Å²) in [6.45, 7) is 6.31. The van der Waals surface area contributed by atoms with E-state index in [9.17, 15) is 9.70 Å². The minimum Gasteiger partial charge on any atom is -0.464 e. The van der Waals surface area contributed by atoms with Crippen molar-refractivity contribution in [2.24, 2.45) is 11.1 Å². The molecule has 1 N–H and O–H groups in total. The Balaban J connectivity index is 1.71. The summed E-state index contributed by atoms with van der Waals surface area (Å²) in [5.41, 5.74) is 2.49. The molecule has 0 bridgehead atoms. The van der Waals surface area contributed by atoms with Crippen LogP contribution in [0.15, 0.2) is 29.4 Å². The number of piperidine rings is 2. The van der Waals surface area contributed by atoms with Gasteiger partial charge in [-0.15, -0.1) is 4.91 Å². The van der Waals surface area contributed by atoms with Gasteiger partial charge in [0.05, 0.1) is 12.1 Å². The minimum absolute atomic E-state index is 0.0465. The maximum atomic E-state index is 12.3. The highest BCUT2D eigenvalue weighted by Crippen LogP contribution is 2.56. The van der Waals surface area contributed by atoms with Crippen molar-refractivity contribution in [3.63, 3.8) is 0 Å². The first-order valence-corrected chi connectivity index (χ1v) is 10.7. The third kappa shape index (κ3) is 3.02. The number of hydrogen-bond donors (Lipinski definition) is 1. The average molecular weight is 386 g/mol. The van der Waals surface area contributed by atoms with Crippen molar-refractivity contribution in [3.05, 3.63) is 34.7 Å². The van der Waals surface area contributed by atoms with E-state index in [1.807, 2.05) is 0 Å². The van der Waals surface area contributed by atoms with Crippen molar-refractivity contribution in [1.29, 1.82) is 0 Å². The van der Waals surface area contributed by atoms with Crippen molar-refractivity contribution >= 4 is 11.7 Å². The van der Waals surface area contributed by atoms with E-state index in [2.05, 4.69) is 46.6 Å². The average Bonchev–Trinajstić information content (AvgIpc) is 3.08. The molecule has 152 valence electrons. The zero-order valence-electron chi connectivity index (χ0n) is 16.9. The molecule has 3 heterocycles. The number of carbonyl (C=O) groups is 1. The number of fused-ring (bicyclic) bond motifs is 5. The van der Waals surface area contributed by atoms with Crippen LogP contribution < -0.4 is 5.32 Å². The second-order valence-corrected chi connectivity index (χ2v) is 8.46. The van der Waals surface area contributed by atoms with E-state index in [0.29, 0.717) is 12.5 Å². The lowest BCUT2D eigenvalue weighted by Gasteiger charge is -2.56. The Bertz CT molecular complexity index is 739. The van der Waals surface area contributed by atoms with Crippen LogP contribution in [0.5, 0.6) is 0 Å². The van der Waals surface area contributed by atoms with Gasteiger partial charge in [-0.3, -0.25) is 4.90 Å². The molecule has 5 unspecified atom stereocenters. The molecule has 0 amide bonds. The molecule has 0 spiro atoms. The normalized spacial score (nSPS) is 32.4. The number of para-hydroxylation sites is 1. The van der Waals surface area contributed by atoms with Gasteiger partial charge in [0.15, 0.2) is 6.04 Å². The molecule has 2 fully saturated rings. The number of carbonyl (C=O) groups excluding carboxylic acids is 1. The Hall–Kier alpha value is -1.95. The lowest BCUT2D eigenvalue weighted by atomic mass is 9.63. The molecule has 1 aromatic carbocycles. The molecule has 2 saturated heterocycles. The molecule has 1 aromatic rings. The quantitative estimate of drug-likeness (QED) is 0.594. The number of nitroso groups, excluding NO2 is 1. The maximum absolute atomic E-state index is 12.3. The minimum atomic E-state index is -0.923. The standard InChI is InChI=1S/C22H31N3O3/c1-3-22-19-11-7-8-12-25(19)14-15(13-18(24-27)21(26)28-4-2)20(22)16-9-5-6-10-17(16)23-22/h5-6,9-10,15,18-20,23H,3-4,7-8,11-14H2,1-2H3. The highest BCUT2D eigenvalue weighted by molar-refractivity contribution is 5.76. The maximum Gasteiger partial charge on any atom is 0.334 e. The first-order chi connectivity index (χ1) is 13.6. The van der Waals surface area contributed by atoms with Crippen LogP contribution in [0.3, 0.4) is 0 Å². The fourth-order valence-corrected chi connectivity index (χ4v) is 6.11. The summed E-state index contributed by atoms with van der Waals surface area (Å²) in [6, 6.07) is 8.12. The second-order valence-electron chi connectivity index (χ2n) is 8.46. The van der Waals surface area contributed by atoms with Gasteiger partial charge in [-0.05, 0) is 56.7 Å². The number of ether oxygens (including phenoxy) is 1. The molecular formula is C22H31N3O3. The summed E-state index contributed by atoms with van der Waals surface area (Å²) in [4.78, 5) is 26.4. The molecule has 4 rings (SSSR count). The highest BCUT2D eigenvalue weighted by Gasteiger charge is 2.58. The highest BCUT2D eigenvalue weighted by atomic mass is 16.5. The number of nitrogens with one attached hydrogen (secondary N) is 1. The summed E-state index contributed by atoms with van der Waals surface area (Å²) < 4.78 is 5.11. The van der Waals surface area contributed by atoms with Crippen molar-refractivity contribution in [2.75, 3.05) is 25.0 Å². The molecule has 0 aliphatic carbocycles. The molecule has 3 aliphatic heterocycles. The van der Waals surface area contributed by atoms with Crippen LogP contribution in [0.1, 0.15) is 57.4 Å².